The molecule has 0 amide bonds. The number of nitrogens with one attached hydrogen (secondary N) is 1. The van der Waals surface area contributed by atoms with Crippen LogP contribution in [0.1, 0.15) is 19.8 Å². The van der Waals surface area contributed by atoms with E-state index in [2.05, 4.69) is 11.7 Å². The molecule has 0 aromatic carbocycles. The Balaban J connectivity index is 2.82. The summed E-state index contributed by atoms with van der Waals surface area (Å²) >= 11 is 0. The van der Waals surface area contributed by atoms with Gasteiger partial charge in [-0.3, -0.25) is 5.41 Å². The lowest BCUT2D eigenvalue weighted by Gasteiger charge is -1.98. The molecule has 0 aliphatic carbocycles. The standard InChI is InChI=1S/C5H12N2O/c1-2-3-4-8-5(6)7/h2-4H2,1H3,(H3,6,7). The molecule has 0 aliphatic heterocycles. The first-order valence-electron chi connectivity index (χ1n) is 2.74. The van der Waals surface area contributed by atoms with Crippen molar-refractivity contribution < 1.29 is 4.74 Å². The molecule has 3 nitrogen and oxygen atoms in total. The van der Waals surface area contributed by atoms with Crippen LogP contribution in [0.4, 0.5) is 0 Å². The number of unbranched alkanes of at least 4 members (excludes halogenated alkanes) is 1. The first kappa shape index (κ1) is 7.27. The van der Waals surface area contributed by atoms with E-state index in [1.807, 2.05) is 0 Å². The van der Waals surface area contributed by atoms with Crippen LogP contribution in [0.2, 0.25) is 0 Å². The third kappa shape index (κ3) is 5.27. The van der Waals surface area contributed by atoms with E-state index < -0.39 is 0 Å². The zero-order valence-corrected chi connectivity index (χ0v) is 5.11. The number of nitrogens with two attached hydrogens (primary N) is 1. The van der Waals surface area contributed by atoms with E-state index in [0.29, 0.717) is 6.61 Å². The highest BCUT2D eigenvalue weighted by atomic mass is 16.5. The Labute approximate surface area is 49.3 Å². The van der Waals surface area contributed by atoms with Crippen LogP contribution in [0.3, 0.4) is 0 Å². The molecule has 0 rings (SSSR count). The van der Waals surface area contributed by atoms with Crippen molar-refractivity contribution in [1.82, 2.24) is 0 Å². The zero-order valence-electron chi connectivity index (χ0n) is 5.11. The molecule has 0 aromatic heterocycles. The van der Waals surface area contributed by atoms with E-state index in [1.165, 1.54) is 0 Å². The van der Waals surface area contributed by atoms with Crippen molar-refractivity contribution in [2.75, 3.05) is 6.61 Å². The van der Waals surface area contributed by atoms with Gasteiger partial charge in [-0.1, -0.05) is 13.3 Å². The maximum absolute atomic E-state index is 6.63. The van der Waals surface area contributed by atoms with Gasteiger partial charge in [0, 0.05) is 0 Å². The van der Waals surface area contributed by atoms with Crippen LogP contribution < -0.4 is 5.73 Å². The Hall–Kier alpha value is -0.730. The zero-order chi connectivity index (χ0) is 6.41. The maximum Gasteiger partial charge on any atom is 0.278 e. The highest BCUT2D eigenvalue weighted by Crippen LogP contribution is 1.85. The molecule has 0 aliphatic rings. The fourth-order valence-corrected chi connectivity index (χ4v) is 0.326. The predicted molar refractivity (Wildman–Crippen MR) is 32.8 cm³/mol. The third-order valence-electron chi connectivity index (χ3n) is 0.755. The van der Waals surface area contributed by atoms with Gasteiger partial charge in [-0.15, -0.1) is 0 Å². The van der Waals surface area contributed by atoms with Crippen molar-refractivity contribution in [3.63, 3.8) is 0 Å². The molecule has 0 saturated heterocycles. The predicted octanol–water partition coefficient (Wildman–Crippen LogP) is 0.697. The summed E-state index contributed by atoms with van der Waals surface area (Å²) in [6.07, 6.45) is 2.05. The van der Waals surface area contributed by atoms with Crippen molar-refractivity contribution >= 4 is 6.02 Å². The Morgan fingerprint density at radius 3 is 2.75 bits per heavy atom. The van der Waals surface area contributed by atoms with Crippen LogP contribution in [0.5, 0.6) is 0 Å². The molecule has 3 N–H and O–H groups in total. The van der Waals surface area contributed by atoms with Gasteiger partial charge in [0.05, 0.1) is 6.61 Å². The van der Waals surface area contributed by atoms with Crippen LogP contribution >= 0.6 is 0 Å². The van der Waals surface area contributed by atoms with E-state index in [9.17, 15) is 0 Å². The summed E-state index contributed by atoms with van der Waals surface area (Å²) in [5, 5.41) is 6.63. The molecule has 48 valence electrons. The number of hydrogen-bond donors (Lipinski definition) is 2. The van der Waals surface area contributed by atoms with Crippen LogP contribution in [0, 0.1) is 5.41 Å². The minimum absolute atomic E-state index is 0.182. The molecule has 0 spiro atoms. The number of ether oxygens (including phenoxy) is 1. The van der Waals surface area contributed by atoms with Crippen molar-refractivity contribution in [2.24, 2.45) is 5.73 Å². The van der Waals surface area contributed by atoms with Gasteiger partial charge in [-0.05, 0) is 6.42 Å². The Morgan fingerprint density at radius 1 is 1.75 bits per heavy atom. The van der Waals surface area contributed by atoms with Gasteiger partial charge < -0.3 is 10.5 Å². The minimum Gasteiger partial charge on any atom is -0.466 e. The summed E-state index contributed by atoms with van der Waals surface area (Å²) in [5.41, 5.74) is 4.89. The molecule has 0 fully saturated rings. The topological polar surface area (TPSA) is 59.1 Å². The highest BCUT2D eigenvalue weighted by Gasteiger charge is 1.85. The second kappa shape index (κ2) is 4.43. The van der Waals surface area contributed by atoms with Crippen LogP contribution in [0.15, 0.2) is 0 Å². The SMILES string of the molecule is CCCCOC(=N)N. The van der Waals surface area contributed by atoms with Gasteiger partial charge in [0.25, 0.3) is 6.02 Å². The van der Waals surface area contributed by atoms with E-state index in [4.69, 9.17) is 11.1 Å². The number of rotatable bonds is 3. The molecule has 0 saturated carbocycles. The Bertz CT molecular complexity index is 72.8. The average molecular weight is 116 g/mol. The number of amidine groups is 1. The summed E-state index contributed by atoms with van der Waals surface area (Å²) in [5.74, 6) is 0. The summed E-state index contributed by atoms with van der Waals surface area (Å²) in [6.45, 7) is 2.63. The second-order valence-electron chi connectivity index (χ2n) is 1.57. The summed E-state index contributed by atoms with van der Waals surface area (Å²) < 4.78 is 4.64. The van der Waals surface area contributed by atoms with Gasteiger partial charge in [-0.2, -0.15) is 0 Å². The molecule has 8 heavy (non-hydrogen) atoms. The third-order valence-corrected chi connectivity index (χ3v) is 0.755. The highest BCUT2D eigenvalue weighted by molar-refractivity contribution is 5.67. The quantitative estimate of drug-likeness (QED) is 0.324. The lowest BCUT2D eigenvalue weighted by molar-refractivity contribution is 0.289. The lowest BCUT2D eigenvalue weighted by atomic mass is 10.4. The van der Waals surface area contributed by atoms with E-state index in [-0.39, 0.29) is 6.02 Å². The van der Waals surface area contributed by atoms with Gasteiger partial charge in [-0.25, -0.2) is 0 Å². The van der Waals surface area contributed by atoms with Crippen LogP contribution in [-0.2, 0) is 4.74 Å². The van der Waals surface area contributed by atoms with E-state index in [1.54, 1.807) is 0 Å². The normalized spacial score (nSPS) is 8.62. The molecule has 0 bridgehead atoms. The Morgan fingerprint density at radius 2 is 2.38 bits per heavy atom. The van der Waals surface area contributed by atoms with Gasteiger partial charge in [0.15, 0.2) is 0 Å². The van der Waals surface area contributed by atoms with Gasteiger partial charge in [0.2, 0.25) is 0 Å². The maximum atomic E-state index is 6.63. The first-order valence-corrected chi connectivity index (χ1v) is 2.74. The minimum atomic E-state index is -0.182. The van der Waals surface area contributed by atoms with Gasteiger partial charge in [0.1, 0.15) is 0 Å². The molecular formula is C5H12N2O. The molecule has 3 heteroatoms. The second-order valence-corrected chi connectivity index (χ2v) is 1.57. The summed E-state index contributed by atoms with van der Waals surface area (Å²) in [7, 11) is 0. The molecule has 0 aromatic rings. The molecular weight excluding hydrogens is 104 g/mol. The van der Waals surface area contributed by atoms with Gasteiger partial charge >= 0.3 is 0 Å². The molecule has 0 atom stereocenters. The monoisotopic (exact) mass is 116 g/mol. The summed E-state index contributed by atoms with van der Waals surface area (Å²) in [6, 6.07) is -0.182. The average Bonchev–Trinajstić information content (AvgIpc) is 1.66. The van der Waals surface area contributed by atoms with Crippen molar-refractivity contribution in [3.05, 3.63) is 0 Å². The van der Waals surface area contributed by atoms with Crippen LogP contribution in [0.25, 0.3) is 0 Å². The number of hydrogen-bond acceptors (Lipinski definition) is 2. The van der Waals surface area contributed by atoms with E-state index >= 15 is 0 Å². The Kier molecular flexibility index (Phi) is 4.03. The molecule has 0 unspecified atom stereocenters. The van der Waals surface area contributed by atoms with Crippen molar-refractivity contribution in [2.45, 2.75) is 19.8 Å². The largest absolute Gasteiger partial charge is 0.466 e. The lowest BCUT2D eigenvalue weighted by Crippen LogP contribution is -2.14. The van der Waals surface area contributed by atoms with Crippen molar-refractivity contribution in [3.8, 4) is 0 Å². The molecule has 0 radical (unpaired) electrons. The molecule has 0 heterocycles. The fourth-order valence-electron chi connectivity index (χ4n) is 0.326. The first-order chi connectivity index (χ1) is 3.77. The van der Waals surface area contributed by atoms with Crippen molar-refractivity contribution in [1.29, 1.82) is 5.41 Å². The van der Waals surface area contributed by atoms with Crippen LogP contribution in [-0.4, -0.2) is 12.6 Å². The van der Waals surface area contributed by atoms with E-state index in [0.717, 1.165) is 12.8 Å². The smallest absolute Gasteiger partial charge is 0.278 e. The fraction of sp³-hybridized carbons (Fsp3) is 0.800. The summed E-state index contributed by atoms with van der Waals surface area (Å²) in [4.78, 5) is 0.